The van der Waals surface area contributed by atoms with Crippen LogP contribution in [0.5, 0.6) is 0 Å². The van der Waals surface area contributed by atoms with E-state index in [4.69, 9.17) is 0 Å². The number of hydrogen-bond donors (Lipinski definition) is 1. The van der Waals surface area contributed by atoms with E-state index in [1.54, 1.807) is 0 Å². The lowest BCUT2D eigenvalue weighted by Gasteiger charge is -2.21. The zero-order valence-electron chi connectivity index (χ0n) is 11.3. The molecule has 1 nitrogen and oxygen atoms in total. The van der Waals surface area contributed by atoms with Gasteiger partial charge in [-0.05, 0) is 59.3 Å². The van der Waals surface area contributed by atoms with Gasteiger partial charge in [0.1, 0.15) is 0 Å². The molecule has 0 radical (unpaired) electrons. The predicted octanol–water partition coefficient (Wildman–Crippen LogP) is 4.57. The fourth-order valence-electron chi connectivity index (χ4n) is 1.82. The average molecular weight is 318 g/mol. The van der Waals surface area contributed by atoms with Crippen molar-refractivity contribution in [1.29, 1.82) is 0 Å². The van der Waals surface area contributed by atoms with Gasteiger partial charge in [-0.2, -0.15) is 0 Å². The van der Waals surface area contributed by atoms with Crippen LogP contribution in [0.3, 0.4) is 0 Å². The van der Waals surface area contributed by atoms with Gasteiger partial charge < -0.3 is 5.32 Å². The summed E-state index contributed by atoms with van der Waals surface area (Å²) in [6.07, 6.45) is 1.19. The van der Waals surface area contributed by atoms with Crippen LogP contribution in [0, 0.1) is 17.8 Å². The van der Waals surface area contributed by atoms with Crippen molar-refractivity contribution < 1.29 is 0 Å². The average Bonchev–Trinajstić information content (AvgIpc) is 2.62. The van der Waals surface area contributed by atoms with Crippen LogP contribution in [0.1, 0.15) is 32.6 Å². The summed E-state index contributed by atoms with van der Waals surface area (Å²) in [4.78, 5) is 1.49. The molecule has 1 aromatic heterocycles. The molecule has 98 valence electrons. The molecule has 0 saturated heterocycles. The van der Waals surface area contributed by atoms with Crippen molar-refractivity contribution >= 4 is 27.3 Å². The molecule has 1 rings (SSSR count). The van der Waals surface area contributed by atoms with Crippen molar-refractivity contribution in [1.82, 2.24) is 5.32 Å². The van der Waals surface area contributed by atoms with Crippen LogP contribution in [-0.4, -0.2) is 13.1 Å². The van der Waals surface area contributed by atoms with E-state index >= 15 is 0 Å². The Bertz CT molecular complexity index is 320. The SMILES string of the molecule is CC(C)CNCC(Cc1cc(Br)cs1)C(C)C. The topological polar surface area (TPSA) is 12.0 Å². The van der Waals surface area contributed by atoms with Crippen molar-refractivity contribution in [2.24, 2.45) is 17.8 Å². The third-order valence-electron chi connectivity index (χ3n) is 2.99. The van der Waals surface area contributed by atoms with E-state index in [1.807, 2.05) is 11.3 Å². The number of hydrogen-bond acceptors (Lipinski definition) is 2. The summed E-state index contributed by atoms with van der Waals surface area (Å²) in [6.45, 7) is 11.4. The van der Waals surface area contributed by atoms with Crippen molar-refractivity contribution in [2.45, 2.75) is 34.1 Å². The first-order chi connectivity index (χ1) is 7.99. The number of thiophene rings is 1. The van der Waals surface area contributed by atoms with Crippen LogP contribution in [0.25, 0.3) is 0 Å². The molecule has 0 aromatic carbocycles. The van der Waals surface area contributed by atoms with E-state index in [0.29, 0.717) is 0 Å². The molecule has 1 atom stereocenters. The zero-order chi connectivity index (χ0) is 12.8. The van der Waals surface area contributed by atoms with E-state index in [9.17, 15) is 0 Å². The van der Waals surface area contributed by atoms with Crippen molar-refractivity contribution in [3.8, 4) is 0 Å². The van der Waals surface area contributed by atoms with Gasteiger partial charge in [0.15, 0.2) is 0 Å². The molecule has 1 aromatic rings. The van der Waals surface area contributed by atoms with E-state index in [1.165, 1.54) is 15.8 Å². The molecule has 3 heteroatoms. The molecule has 1 heterocycles. The van der Waals surface area contributed by atoms with Crippen molar-refractivity contribution in [2.75, 3.05) is 13.1 Å². The Labute approximate surface area is 118 Å². The molecule has 0 bridgehead atoms. The summed E-state index contributed by atoms with van der Waals surface area (Å²) < 4.78 is 1.22. The van der Waals surface area contributed by atoms with Gasteiger partial charge in [0.2, 0.25) is 0 Å². The number of halogens is 1. The molecule has 0 spiro atoms. The number of rotatable bonds is 7. The second-order valence-corrected chi connectivity index (χ2v) is 7.40. The molecular weight excluding hydrogens is 294 g/mol. The minimum Gasteiger partial charge on any atom is -0.316 e. The highest BCUT2D eigenvalue weighted by Gasteiger charge is 2.15. The van der Waals surface area contributed by atoms with Gasteiger partial charge >= 0.3 is 0 Å². The van der Waals surface area contributed by atoms with Crippen LogP contribution in [0.2, 0.25) is 0 Å². The third-order valence-corrected chi connectivity index (χ3v) is 4.71. The Morgan fingerprint density at radius 1 is 1.24 bits per heavy atom. The van der Waals surface area contributed by atoms with Gasteiger partial charge in [-0.3, -0.25) is 0 Å². The Hall–Kier alpha value is 0.140. The smallest absolute Gasteiger partial charge is 0.0285 e. The summed E-state index contributed by atoms with van der Waals surface area (Å²) in [5.74, 6) is 2.20. The van der Waals surface area contributed by atoms with Crippen LogP contribution < -0.4 is 5.32 Å². The fourth-order valence-corrected chi connectivity index (χ4v) is 3.37. The molecule has 0 aliphatic carbocycles. The summed E-state index contributed by atoms with van der Waals surface area (Å²) in [6, 6.07) is 2.25. The highest BCUT2D eigenvalue weighted by molar-refractivity contribution is 9.10. The molecule has 0 saturated carbocycles. The fraction of sp³-hybridized carbons (Fsp3) is 0.714. The van der Waals surface area contributed by atoms with Gasteiger partial charge in [-0.25, -0.2) is 0 Å². The van der Waals surface area contributed by atoms with Gasteiger partial charge in [-0.15, -0.1) is 11.3 Å². The lowest BCUT2D eigenvalue weighted by Crippen LogP contribution is -2.30. The van der Waals surface area contributed by atoms with Crippen LogP contribution in [-0.2, 0) is 6.42 Å². The number of nitrogens with one attached hydrogen (secondary N) is 1. The lowest BCUT2D eigenvalue weighted by molar-refractivity contribution is 0.354. The predicted molar refractivity (Wildman–Crippen MR) is 81.8 cm³/mol. The normalized spacial score (nSPS) is 13.6. The largest absolute Gasteiger partial charge is 0.316 e. The quantitative estimate of drug-likeness (QED) is 0.776. The first-order valence-electron chi connectivity index (χ1n) is 6.42. The highest BCUT2D eigenvalue weighted by Crippen LogP contribution is 2.24. The molecule has 17 heavy (non-hydrogen) atoms. The Morgan fingerprint density at radius 2 is 1.94 bits per heavy atom. The first-order valence-corrected chi connectivity index (χ1v) is 8.10. The lowest BCUT2D eigenvalue weighted by atomic mass is 9.91. The van der Waals surface area contributed by atoms with Crippen LogP contribution in [0.15, 0.2) is 15.9 Å². The maximum Gasteiger partial charge on any atom is 0.0285 e. The summed E-state index contributed by atoms with van der Waals surface area (Å²) in [7, 11) is 0. The minimum absolute atomic E-state index is 0.732. The van der Waals surface area contributed by atoms with E-state index in [0.717, 1.165) is 30.8 Å². The van der Waals surface area contributed by atoms with Gasteiger partial charge in [0.25, 0.3) is 0 Å². The molecule has 1 N–H and O–H groups in total. The maximum absolute atomic E-state index is 3.59. The van der Waals surface area contributed by atoms with E-state index in [2.05, 4.69) is 60.4 Å². The van der Waals surface area contributed by atoms with Gasteiger partial charge in [0.05, 0.1) is 0 Å². The standard InChI is InChI=1S/C14H24BrNS/c1-10(2)7-16-8-12(11(3)4)5-14-6-13(15)9-17-14/h6,9-12,16H,5,7-8H2,1-4H3. The second kappa shape index (κ2) is 7.55. The third kappa shape index (κ3) is 6.03. The maximum atomic E-state index is 3.59. The highest BCUT2D eigenvalue weighted by atomic mass is 79.9. The molecular formula is C14H24BrNS. The van der Waals surface area contributed by atoms with Crippen LogP contribution >= 0.6 is 27.3 Å². The Kier molecular flexibility index (Phi) is 6.75. The summed E-state index contributed by atoms with van der Waals surface area (Å²) in [5.41, 5.74) is 0. The van der Waals surface area contributed by atoms with Crippen LogP contribution in [0.4, 0.5) is 0 Å². The molecule has 0 aliphatic rings. The molecule has 0 amide bonds. The Morgan fingerprint density at radius 3 is 2.41 bits per heavy atom. The molecule has 0 aliphatic heterocycles. The minimum atomic E-state index is 0.732. The Balaban J connectivity index is 2.43. The van der Waals surface area contributed by atoms with Crippen molar-refractivity contribution in [3.63, 3.8) is 0 Å². The first kappa shape index (κ1) is 15.2. The van der Waals surface area contributed by atoms with Gasteiger partial charge in [0, 0.05) is 14.7 Å². The van der Waals surface area contributed by atoms with Crippen molar-refractivity contribution in [3.05, 3.63) is 20.8 Å². The van der Waals surface area contributed by atoms with E-state index in [-0.39, 0.29) is 0 Å². The zero-order valence-corrected chi connectivity index (χ0v) is 13.7. The van der Waals surface area contributed by atoms with E-state index < -0.39 is 0 Å². The summed E-state index contributed by atoms with van der Waals surface area (Å²) in [5, 5.41) is 5.76. The molecule has 1 unspecified atom stereocenters. The van der Waals surface area contributed by atoms with Gasteiger partial charge in [-0.1, -0.05) is 27.7 Å². The summed E-state index contributed by atoms with van der Waals surface area (Å²) >= 11 is 5.39. The monoisotopic (exact) mass is 317 g/mol. The second-order valence-electron chi connectivity index (χ2n) is 5.49. The molecule has 0 fully saturated rings.